The van der Waals surface area contributed by atoms with Crippen LogP contribution in [0.1, 0.15) is 53.4 Å². The number of carboxylic acids is 1. The van der Waals surface area contributed by atoms with Gasteiger partial charge < -0.3 is 14.7 Å². The van der Waals surface area contributed by atoms with Crippen molar-refractivity contribution in [2.75, 3.05) is 11.4 Å². The molecule has 0 aliphatic carbocycles. The van der Waals surface area contributed by atoms with Gasteiger partial charge in [0.2, 0.25) is 12.0 Å². The van der Waals surface area contributed by atoms with Crippen molar-refractivity contribution in [2.24, 2.45) is 0 Å². The summed E-state index contributed by atoms with van der Waals surface area (Å²) >= 11 is 0. The molecule has 0 radical (unpaired) electrons. The molecule has 1 aliphatic heterocycles. The SMILES string of the molecule is CCCCc1ccc(CN2C(=O)CN[C@](c3ccccc3)([C@H](Oc3nc(C)cc(C)n3)C(=O)O)c3ccccc32)cc1. The van der Waals surface area contributed by atoms with Crippen molar-refractivity contribution in [3.05, 3.63) is 119 Å². The lowest BCUT2D eigenvalue weighted by atomic mass is 9.77. The molecule has 0 saturated heterocycles. The van der Waals surface area contributed by atoms with Gasteiger partial charge in [-0.25, -0.2) is 14.8 Å². The molecule has 0 saturated carbocycles. The Labute approximate surface area is 246 Å². The summed E-state index contributed by atoms with van der Waals surface area (Å²) in [5.41, 5.74) is 3.99. The molecule has 1 aromatic heterocycles. The maximum Gasteiger partial charge on any atom is 0.347 e. The Hall–Kier alpha value is -4.56. The van der Waals surface area contributed by atoms with Gasteiger partial charge in [0, 0.05) is 22.6 Å². The number of ether oxygens (including phenoxy) is 1. The van der Waals surface area contributed by atoms with E-state index in [1.165, 1.54) is 5.56 Å². The molecule has 5 rings (SSSR count). The van der Waals surface area contributed by atoms with Gasteiger partial charge in [0.1, 0.15) is 5.54 Å². The lowest BCUT2D eigenvalue weighted by molar-refractivity contribution is -0.149. The van der Waals surface area contributed by atoms with Crippen LogP contribution in [0.5, 0.6) is 6.01 Å². The summed E-state index contributed by atoms with van der Waals surface area (Å²) in [5.74, 6) is -1.39. The Balaban J connectivity index is 1.63. The number of carbonyl (C=O) groups excluding carboxylic acids is 1. The summed E-state index contributed by atoms with van der Waals surface area (Å²) in [6.07, 6.45) is 1.78. The number of nitrogens with one attached hydrogen (secondary N) is 1. The predicted octanol–water partition coefficient (Wildman–Crippen LogP) is 5.35. The van der Waals surface area contributed by atoms with Gasteiger partial charge in [-0.2, -0.15) is 0 Å². The van der Waals surface area contributed by atoms with E-state index in [4.69, 9.17) is 4.74 Å². The van der Waals surface area contributed by atoms with Crippen molar-refractivity contribution < 1.29 is 19.4 Å². The highest BCUT2D eigenvalue weighted by molar-refractivity contribution is 5.97. The third-order valence-corrected chi connectivity index (χ3v) is 7.65. The number of hydrogen-bond donors (Lipinski definition) is 2. The van der Waals surface area contributed by atoms with Crippen LogP contribution in [0.15, 0.2) is 84.9 Å². The third-order valence-electron chi connectivity index (χ3n) is 7.65. The molecule has 8 nitrogen and oxygen atoms in total. The van der Waals surface area contributed by atoms with Crippen molar-refractivity contribution in [1.82, 2.24) is 15.3 Å². The largest absolute Gasteiger partial charge is 0.478 e. The van der Waals surface area contributed by atoms with E-state index in [1.807, 2.05) is 54.6 Å². The molecule has 216 valence electrons. The van der Waals surface area contributed by atoms with E-state index in [2.05, 4.69) is 46.5 Å². The first-order valence-corrected chi connectivity index (χ1v) is 14.3. The van der Waals surface area contributed by atoms with Crippen LogP contribution in [0.2, 0.25) is 0 Å². The van der Waals surface area contributed by atoms with Crippen molar-refractivity contribution in [3.8, 4) is 6.01 Å². The molecule has 2 N–H and O–H groups in total. The number of aliphatic carboxylic acids is 1. The molecule has 3 aromatic carbocycles. The maximum atomic E-state index is 13.8. The zero-order valence-electron chi connectivity index (χ0n) is 24.2. The number of unbranched alkanes of at least 4 members (excludes halogenated alkanes) is 1. The minimum Gasteiger partial charge on any atom is -0.478 e. The summed E-state index contributed by atoms with van der Waals surface area (Å²) in [5, 5.41) is 14.0. The van der Waals surface area contributed by atoms with Crippen LogP contribution >= 0.6 is 0 Å². The molecule has 0 fully saturated rings. The lowest BCUT2D eigenvalue weighted by Crippen LogP contribution is -2.58. The van der Waals surface area contributed by atoms with Gasteiger partial charge in [-0.3, -0.25) is 10.1 Å². The number of fused-ring (bicyclic) bond motifs is 1. The topological polar surface area (TPSA) is 105 Å². The van der Waals surface area contributed by atoms with E-state index >= 15 is 0 Å². The summed E-state index contributed by atoms with van der Waals surface area (Å²) < 4.78 is 6.17. The first kappa shape index (κ1) is 29.0. The molecule has 2 atom stereocenters. The number of anilines is 1. The van der Waals surface area contributed by atoms with Crippen LogP contribution in [0.4, 0.5) is 5.69 Å². The lowest BCUT2D eigenvalue weighted by Gasteiger charge is -2.39. The van der Waals surface area contributed by atoms with E-state index in [-0.39, 0.29) is 18.5 Å². The van der Waals surface area contributed by atoms with Gasteiger partial charge in [0.05, 0.1) is 13.1 Å². The first-order chi connectivity index (χ1) is 20.3. The van der Waals surface area contributed by atoms with E-state index in [1.54, 1.807) is 24.8 Å². The summed E-state index contributed by atoms with van der Waals surface area (Å²) in [6.45, 7) is 6.01. The van der Waals surface area contributed by atoms with Crippen molar-refractivity contribution in [2.45, 2.75) is 58.2 Å². The molecule has 2 heterocycles. The number of carboxylic acid groups (broad SMARTS) is 1. The normalized spacial score (nSPS) is 17.3. The second-order valence-corrected chi connectivity index (χ2v) is 10.7. The average molecular weight is 565 g/mol. The summed E-state index contributed by atoms with van der Waals surface area (Å²) in [4.78, 5) is 37.4. The van der Waals surface area contributed by atoms with Gasteiger partial charge in [0.25, 0.3) is 0 Å². The quantitative estimate of drug-likeness (QED) is 0.268. The number of carbonyl (C=O) groups is 2. The van der Waals surface area contributed by atoms with Crippen molar-refractivity contribution in [1.29, 1.82) is 0 Å². The first-order valence-electron chi connectivity index (χ1n) is 14.3. The molecule has 4 aromatic rings. The zero-order chi connectivity index (χ0) is 29.7. The molecule has 0 spiro atoms. The van der Waals surface area contributed by atoms with Crippen molar-refractivity contribution >= 4 is 17.6 Å². The summed E-state index contributed by atoms with van der Waals surface area (Å²) in [6, 6.07) is 26.8. The van der Waals surface area contributed by atoms with Gasteiger partial charge in [-0.1, -0.05) is 86.1 Å². The number of hydrogen-bond acceptors (Lipinski definition) is 6. The Morgan fingerprint density at radius 3 is 2.29 bits per heavy atom. The highest BCUT2D eigenvalue weighted by Crippen LogP contribution is 2.42. The Morgan fingerprint density at radius 2 is 1.62 bits per heavy atom. The third kappa shape index (κ3) is 5.90. The van der Waals surface area contributed by atoms with Crippen LogP contribution in [0, 0.1) is 13.8 Å². The molecular formula is C34H36N4O4. The van der Waals surface area contributed by atoms with E-state index in [0.717, 1.165) is 24.8 Å². The van der Waals surface area contributed by atoms with Crippen LogP contribution in [-0.2, 0) is 28.1 Å². The molecule has 1 aliphatic rings. The van der Waals surface area contributed by atoms with Gasteiger partial charge >= 0.3 is 12.0 Å². The number of aromatic nitrogens is 2. The Kier molecular flexibility index (Phi) is 8.64. The maximum absolute atomic E-state index is 13.8. The van der Waals surface area contributed by atoms with E-state index < -0.39 is 17.6 Å². The van der Waals surface area contributed by atoms with Gasteiger partial charge in [0.15, 0.2) is 0 Å². The molecule has 0 bridgehead atoms. The number of amides is 1. The molecular weight excluding hydrogens is 528 g/mol. The Bertz CT molecular complexity index is 1540. The van der Waals surface area contributed by atoms with Gasteiger partial charge in [-0.05, 0) is 55.5 Å². The van der Waals surface area contributed by atoms with Crippen molar-refractivity contribution in [3.63, 3.8) is 0 Å². The van der Waals surface area contributed by atoms with E-state index in [9.17, 15) is 14.7 Å². The van der Waals surface area contributed by atoms with Crippen LogP contribution in [-0.4, -0.2) is 39.6 Å². The van der Waals surface area contributed by atoms with Gasteiger partial charge in [-0.15, -0.1) is 0 Å². The fourth-order valence-electron chi connectivity index (χ4n) is 5.65. The smallest absolute Gasteiger partial charge is 0.347 e. The number of rotatable bonds is 10. The monoisotopic (exact) mass is 564 g/mol. The Morgan fingerprint density at radius 1 is 0.976 bits per heavy atom. The molecule has 8 heteroatoms. The number of aryl methyl sites for hydroxylation is 3. The fourth-order valence-corrected chi connectivity index (χ4v) is 5.65. The number of para-hydroxylation sites is 1. The average Bonchev–Trinajstić information content (AvgIpc) is 3.10. The predicted molar refractivity (Wildman–Crippen MR) is 161 cm³/mol. The highest BCUT2D eigenvalue weighted by Gasteiger charge is 2.52. The zero-order valence-corrected chi connectivity index (χ0v) is 24.2. The number of nitrogens with zero attached hydrogens (tertiary/aromatic N) is 3. The molecule has 1 amide bonds. The minimum atomic E-state index is -1.51. The van der Waals surface area contributed by atoms with Crippen LogP contribution < -0.4 is 15.0 Å². The fraction of sp³-hybridized carbons (Fsp3) is 0.294. The highest BCUT2D eigenvalue weighted by atomic mass is 16.5. The minimum absolute atomic E-state index is 0.0370. The molecule has 0 unspecified atom stereocenters. The number of benzene rings is 3. The second-order valence-electron chi connectivity index (χ2n) is 10.7. The van der Waals surface area contributed by atoms with E-state index in [0.29, 0.717) is 34.7 Å². The molecule has 42 heavy (non-hydrogen) atoms. The summed E-state index contributed by atoms with van der Waals surface area (Å²) in [7, 11) is 0. The standard InChI is InChI=1S/C34H36N4O4/c1-4-5-11-25-16-18-26(19-17-25)22-38-29-15-10-9-14-28(29)34(35-21-30(38)39,27-12-7-6-8-13-27)31(32(40)41)42-33-36-23(2)20-24(3)37-33/h6-10,12-20,31,35H,4-5,11,21-22H2,1-3H3,(H,40,41)/t31-,34+/m1/s1. The van der Waals surface area contributed by atoms with Crippen LogP contribution in [0.3, 0.4) is 0 Å². The second kappa shape index (κ2) is 12.5. The van der Waals surface area contributed by atoms with Crippen LogP contribution in [0.25, 0.3) is 0 Å².